The quantitative estimate of drug-likeness (QED) is 0.434. The standard InChI is InChI=1S/C8H5F4NO2/c9-6-2-1-4(7(14)13-15)3-5(6)8(10,11)12/h1-3,15H,(H,13,14). The molecule has 0 fully saturated rings. The Kier molecular flexibility index (Phi) is 2.94. The van der Waals surface area contributed by atoms with E-state index in [-0.39, 0.29) is 0 Å². The molecule has 0 aliphatic heterocycles. The number of amides is 1. The lowest BCUT2D eigenvalue weighted by molar-refractivity contribution is -0.140. The van der Waals surface area contributed by atoms with Gasteiger partial charge in [0.2, 0.25) is 0 Å². The highest BCUT2D eigenvalue weighted by atomic mass is 19.4. The Morgan fingerprint density at radius 1 is 1.33 bits per heavy atom. The molecule has 0 bridgehead atoms. The van der Waals surface area contributed by atoms with Crippen LogP contribution in [0.2, 0.25) is 0 Å². The van der Waals surface area contributed by atoms with Gasteiger partial charge in [-0.15, -0.1) is 0 Å². The fraction of sp³-hybridized carbons (Fsp3) is 0.125. The first-order chi connectivity index (χ1) is 6.86. The molecule has 1 rings (SSSR count). The van der Waals surface area contributed by atoms with Gasteiger partial charge in [-0.05, 0) is 18.2 Å². The first kappa shape index (κ1) is 11.4. The smallest absolute Gasteiger partial charge is 0.288 e. The summed E-state index contributed by atoms with van der Waals surface area (Å²) in [4.78, 5) is 10.8. The van der Waals surface area contributed by atoms with E-state index in [1.807, 2.05) is 0 Å². The number of hydrogen-bond acceptors (Lipinski definition) is 2. The van der Waals surface area contributed by atoms with Crippen LogP contribution in [-0.2, 0) is 6.18 Å². The Morgan fingerprint density at radius 3 is 2.40 bits per heavy atom. The van der Waals surface area contributed by atoms with Gasteiger partial charge in [0.1, 0.15) is 5.82 Å². The van der Waals surface area contributed by atoms with Crippen molar-refractivity contribution < 1.29 is 27.6 Å². The van der Waals surface area contributed by atoms with E-state index >= 15 is 0 Å². The third-order valence-electron chi connectivity index (χ3n) is 1.64. The fourth-order valence-corrected chi connectivity index (χ4v) is 0.948. The number of hydrogen-bond donors (Lipinski definition) is 2. The van der Waals surface area contributed by atoms with Crippen molar-refractivity contribution in [1.82, 2.24) is 5.48 Å². The molecule has 0 atom stereocenters. The van der Waals surface area contributed by atoms with E-state index in [4.69, 9.17) is 5.21 Å². The van der Waals surface area contributed by atoms with Gasteiger partial charge in [0.15, 0.2) is 0 Å². The molecule has 0 saturated carbocycles. The van der Waals surface area contributed by atoms with E-state index in [1.54, 1.807) is 0 Å². The highest BCUT2D eigenvalue weighted by Gasteiger charge is 2.34. The molecule has 1 aromatic rings. The van der Waals surface area contributed by atoms with Crippen LogP contribution in [0.4, 0.5) is 17.6 Å². The Labute approximate surface area is 81.3 Å². The number of nitrogens with one attached hydrogen (secondary N) is 1. The lowest BCUT2D eigenvalue weighted by Crippen LogP contribution is -2.20. The molecular weight excluding hydrogens is 218 g/mol. The molecule has 0 spiro atoms. The molecule has 82 valence electrons. The van der Waals surface area contributed by atoms with E-state index in [9.17, 15) is 22.4 Å². The number of benzene rings is 1. The third-order valence-corrected chi connectivity index (χ3v) is 1.64. The minimum atomic E-state index is -4.88. The van der Waals surface area contributed by atoms with Gasteiger partial charge < -0.3 is 0 Å². The van der Waals surface area contributed by atoms with Gasteiger partial charge in [0.25, 0.3) is 5.91 Å². The van der Waals surface area contributed by atoms with E-state index in [0.29, 0.717) is 12.1 Å². The van der Waals surface area contributed by atoms with Gasteiger partial charge in [0, 0.05) is 5.56 Å². The van der Waals surface area contributed by atoms with E-state index < -0.39 is 29.0 Å². The number of carbonyl (C=O) groups is 1. The summed E-state index contributed by atoms with van der Waals surface area (Å²) in [5.74, 6) is -2.61. The molecule has 1 amide bonds. The van der Waals surface area contributed by atoms with Crippen molar-refractivity contribution in [3.05, 3.63) is 35.1 Å². The van der Waals surface area contributed by atoms with Crippen LogP contribution in [0.3, 0.4) is 0 Å². The van der Waals surface area contributed by atoms with Crippen LogP contribution in [-0.4, -0.2) is 11.1 Å². The summed E-state index contributed by atoms with van der Waals surface area (Å²) in [6.45, 7) is 0. The SMILES string of the molecule is O=C(NO)c1ccc(F)c(C(F)(F)F)c1. The van der Waals surface area contributed by atoms with Gasteiger partial charge >= 0.3 is 6.18 Å². The van der Waals surface area contributed by atoms with Crippen molar-refractivity contribution in [3.63, 3.8) is 0 Å². The largest absolute Gasteiger partial charge is 0.419 e. The van der Waals surface area contributed by atoms with Crippen LogP contribution in [0.1, 0.15) is 15.9 Å². The number of rotatable bonds is 1. The van der Waals surface area contributed by atoms with E-state index in [0.717, 1.165) is 11.5 Å². The van der Waals surface area contributed by atoms with Gasteiger partial charge in [-0.3, -0.25) is 10.0 Å². The zero-order valence-corrected chi connectivity index (χ0v) is 7.10. The van der Waals surface area contributed by atoms with Crippen LogP contribution in [0.25, 0.3) is 0 Å². The predicted molar refractivity (Wildman–Crippen MR) is 40.7 cm³/mol. The van der Waals surface area contributed by atoms with Crippen LogP contribution >= 0.6 is 0 Å². The van der Waals surface area contributed by atoms with E-state index in [1.165, 1.54) is 0 Å². The highest BCUT2D eigenvalue weighted by molar-refractivity contribution is 5.93. The van der Waals surface area contributed by atoms with Crippen molar-refractivity contribution in [1.29, 1.82) is 0 Å². The minimum absolute atomic E-state index is 0.320. The lowest BCUT2D eigenvalue weighted by Gasteiger charge is -2.08. The highest BCUT2D eigenvalue weighted by Crippen LogP contribution is 2.31. The van der Waals surface area contributed by atoms with Crippen molar-refractivity contribution in [2.75, 3.05) is 0 Å². The second-order valence-electron chi connectivity index (χ2n) is 2.63. The summed E-state index contributed by atoms with van der Waals surface area (Å²) in [7, 11) is 0. The van der Waals surface area contributed by atoms with Gasteiger partial charge in [-0.2, -0.15) is 13.2 Å². The molecule has 15 heavy (non-hydrogen) atoms. The topological polar surface area (TPSA) is 49.3 Å². The van der Waals surface area contributed by atoms with Crippen molar-refractivity contribution in [2.45, 2.75) is 6.18 Å². The Morgan fingerprint density at radius 2 is 1.93 bits per heavy atom. The summed E-state index contributed by atoms with van der Waals surface area (Å²) >= 11 is 0. The molecule has 0 saturated heterocycles. The fourth-order valence-electron chi connectivity index (χ4n) is 0.948. The third kappa shape index (κ3) is 2.44. The number of halogens is 4. The monoisotopic (exact) mass is 223 g/mol. The molecule has 0 radical (unpaired) electrons. The molecule has 0 unspecified atom stereocenters. The maximum Gasteiger partial charge on any atom is 0.419 e. The zero-order chi connectivity index (χ0) is 11.6. The van der Waals surface area contributed by atoms with Crippen LogP contribution in [0.15, 0.2) is 18.2 Å². The Balaban J connectivity index is 3.23. The molecule has 3 nitrogen and oxygen atoms in total. The minimum Gasteiger partial charge on any atom is -0.288 e. The van der Waals surface area contributed by atoms with Crippen molar-refractivity contribution in [3.8, 4) is 0 Å². The summed E-state index contributed by atoms with van der Waals surface area (Å²) in [6, 6.07) is 1.66. The maximum absolute atomic E-state index is 12.7. The number of hydroxylamine groups is 1. The average Bonchev–Trinajstić information content (AvgIpc) is 2.15. The molecule has 0 aliphatic rings. The average molecular weight is 223 g/mol. The zero-order valence-electron chi connectivity index (χ0n) is 7.10. The summed E-state index contributed by atoms with van der Waals surface area (Å²) < 4.78 is 49.2. The first-order valence-electron chi connectivity index (χ1n) is 3.67. The first-order valence-corrected chi connectivity index (χ1v) is 3.67. The molecule has 7 heteroatoms. The normalized spacial score (nSPS) is 11.3. The van der Waals surface area contributed by atoms with Crippen LogP contribution in [0, 0.1) is 5.82 Å². The molecule has 0 heterocycles. The molecule has 1 aromatic carbocycles. The molecule has 0 aromatic heterocycles. The summed E-state index contributed by atoms with van der Waals surface area (Å²) in [5, 5.41) is 8.18. The number of carbonyl (C=O) groups excluding carboxylic acids is 1. The molecular formula is C8H5F4NO2. The van der Waals surface area contributed by atoms with Gasteiger partial charge in [-0.1, -0.05) is 0 Å². The van der Waals surface area contributed by atoms with E-state index in [2.05, 4.69) is 0 Å². The van der Waals surface area contributed by atoms with Crippen LogP contribution < -0.4 is 5.48 Å². The van der Waals surface area contributed by atoms with Crippen LogP contribution in [0.5, 0.6) is 0 Å². The maximum atomic E-state index is 12.7. The Bertz CT molecular complexity index is 389. The predicted octanol–water partition coefficient (Wildman–Crippen LogP) is 1.96. The molecule has 0 aliphatic carbocycles. The number of alkyl halides is 3. The molecule has 2 N–H and O–H groups in total. The van der Waals surface area contributed by atoms with Gasteiger partial charge in [0.05, 0.1) is 5.56 Å². The van der Waals surface area contributed by atoms with Crippen molar-refractivity contribution >= 4 is 5.91 Å². The second-order valence-corrected chi connectivity index (χ2v) is 2.63. The van der Waals surface area contributed by atoms with Crippen molar-refractivity contribution in [2.24, 2.45) is 0 Å². The summed E-state index contributed by atoms with van der Waals surface area (Å²) in [6.07, 6.45) is -4.88. The van der Waals surface area contributed by atoms with Gasteiger partial charge in [-0.25, -0.2) is 9.87 Å². The summed E-state index contributed by atoms with van der Waals surface area (Å²) in [5.41, 5.74) is -0.882. The second kappa shape index (κ2) is 3.85. The Hall–Kier alpha value is -1.63. The lowest BCUT2D eigenvalue weighted by atomic mass is 10.1.